The van der Waals surface area contributed by atoms with E-state index in [0.717, 1.165) is 35.1 Å². The number of ether oxygens (including phenoxy) is 1. The summed E-state index contributed by atoms with van der Waals surface area (Å²) in [6.07, 6.45) is 0.568. The van der Waals surface area contributed by atoms with Gasteiger partial charge in [0.2, 0.25) is 0 Å². The quantitative estimate of drug-likeness (QED) is 0.475. The van der Waals surface area contributed by atoms with Crippen LogP contribution in [0.5, 0.6) is 0 Å². The number of fused-ring (bicyclic) bond motifs is 1. The number of hydrogen-bond donors (Lipinski definition) is 1. The number of thiophene rings is 2. The summed E-state index contributed by atoms with van der Waals surface area (Å²) in [5.74, 6) is 0. The molecule has 1 N–H and O–H groups in total. The normalized spacial score (nSPS) is 10.8. The molecule has 2 aromatic heterocycles. The first-order valence-electron chi connectivity index (χ1n) is 7.82. The predicted octanol–water partition coefficient (Wildman–Crippen LogP) is 6.00. The van der Waals surface area contributed by atoms with Crippen LogP contribution in [0.3, 0.4) is 0 Å². The van der Waals surface area contributed by atoms with Crippen LogP contribution in [0.25, 0.3) is 10.1 Å². The van der Waals surface area contributed by atoms with E-state index in [2.05, 4.69) is 55.4 Å². The Balaban J connectivity index is 0.00000243. The first-order valence-corrected chi connectivity index (χ1v) is 10.3. The summed E-state index contributed by atoms with van der Waals surface area (Å²) in [5.41, 5.74) is 0.754. The number of amides is 1. The van der Waals surface area contributed by atoms with E-state index in [0.29, 0.717) is 0 Å². The number of carbonyl (C=O) groups excluding carboxylic acids is 1. The van der Waals surface area contributed by atoms with E-state index >= 15 is 0 Å². The molecule has 0 aliphatic rings. The highest BCUT2D eigenvalue weighted by Crippen LogP contribution is 2.29. The van der Waals surface area contributed by atoms with Gasteiger partial charge in [-0.15, -0.1) is 35.1 Å². The SMILES string of the molecule is COC(=O)Nc1ccc2sc(CCN(C)Cc3cc(Br)cs3)cc2c1.Cl. The van der Waals surface area contributed by atoms with Gasteiger partial charge in [-0.3, -0.25) is 5.32 Å². The minimum Gasteiger partial charge on any atom is -0.453 e. The number of hydrogen-bond acceptors (Lipinski definition) is 5. The second-order valence-corrected chi connectivity index (χ2v) is 8.88. The Morgan fingerprint density at radius 2 is 2.08 bits per heavy atom. The standard InChI is InChI=1S/C18H19BrN2O2S2.ClH/c1-21(10-16-9-13(19)11-24-16)6-5-15-8-12-7-14(20-18(22)23-2)3-4-17(12)25-15;/h3-4,7-9,11H,5-6,10H2,1-2H3,(H,20,22);1H. The van der Waals surface area contributed by atoms with Crippen molar-refractivity contribution >= 4 is 72.9 Å². The highest BCUT2D eigenvalue weighted by atomic mass is 79.9. The van der Waals surface area contributed by atoms with Gasteiger partial charge >= 0.3 is 6.09 Å². The lowest BCUT2D eigenvalue weighted by molar-refractivity contribution is 0.187. The molecule has 1 aromatic carbocycles. The van der Waals surface area contributed by atoms with Crippen molar-refractivity contribution < 1.29 is 9.53 Å². The molecular weight excluding hydrogens is 456 g/mol. The van der Waals surface area contributed by atoms with Crippen molar-refractivity contribution in [3.63, 3.8) is 0 Å². The van der Waals surface area contributed by atoms with Gasteiger partial charge in [0.15, 0.2) is 0 Å². The largest absolute Gasteiger partial charge is 0.453 e. The highest BCUT2D eigenvalue weighted by Gasteiger charge is 2.08. The average molecular weight is 476 g/mol. The average Bonchev–Trinajstić information content (AvgIpc) is 3.18. The molecule has 3 rings (SSSR count). The third-order valence-electron chi connectivity index (χ3n) is 3.79. The number of nitrogens with zero attached hydrogens (tertiary/aromatic N) is 1. The second kappa shape index (κ2) is 9.71. The van der Waals surface area contributed by atoms with Crippen LogP contribution in [0.15, 0.2) is 40.2 Å². The zero-order chi connectivity index (χ0) is 17.8. The van der Waals surface area contributed by atoms with Crippen LogP contribution in [0, 0.1) is 0 Å². The Morgan fingerprint density at radius 3 is 2.77 bits per heavy atom. The van der Waals surface area contributed by atoms with Gasteiger partial charge in [0, 0.05) is 43.1 Å². The van der Waals surface area contributed by atoms with Crippen molar-refractivity contribution in [1.29, 1.82) is 0 Å². The maximum Gasteiger partial charge on any atom is 0.411 e. The van der Waals surface area contributed by atoms with Gasteiger partial charge in [-0.05, 0) is 65.1 Å². The van der Waals surface area contributed by atoms with Gasteiger partial charge in [0.1, 0.15) is 0 Å². The Labute approximate surface area is 175 Å². The first-order chi connectivity index (χ1) is 12.0. The zero-order valence-electron chi connectivity index (χ0n) is 14.5. The monoisotopic (exact) mass is 474 g/mol. The van der Waals surface area contributed by atoms with E-state index in [1.165, 1.54) is 21.6 Å². The molecule has 8 heteroatoms. The smallest absolute Gasteiger partial charge is 0.411 e. The summed E-state index contributed by atoms with van der Waals surface area (Å²) < 4.78 is 7.02. The molecule has 0 atom stereocenters. The molecule has 1 amide bonds. The minimum atomic E-state index is -0.448. The van der Waals surface area contributed by atoms with E-state index in [-0.39, 0.29) is 12.4 Å². The topological polar surface area (TPSA) is 41.6 Å². The van der Waals surface area contributed by atoms with Crippen molar-refractivity contribution in [2.24, 2.45) is 0 Å². The molecule has 0 fully saturated rings. The Bertz CT molecular complexity index is 881. The van der Waals surface area contributed by atoms with Gasteiger partial charge in [-0.1, -0.05) is 0 Å². The number of nitrogens with one attached hydrogen (secondary N) is 1. The molecular formula is C18H20BrClN2O2S2. The Kier molecular flexibility index (Phi) is 7.91. The predicted molar refractivity (Wildman–Crippen MR) is 117 cm³/mol. The molecule has 0 bridgehead atoms. The van der Waals surface area contributed by atoms with Gasteiger partial charge in [-0.2, -0.15) is 0 Å². The van der Waals surface area contributed by atoms with Crippen LogP contribution in [-0.4, -0.2) is 31.7 Å². The summed E-state index contributed by atoms with van der Waals surface area (Å²) in [5, 5.41) is 5.98. The lowest BCUT2D eigenvalue weighted by Gasteiger charge is -2.14. The van der Waals surface area contributed by atoms with Gasteiger partial charge < -0.3 is 9.64 Å². The molecule has 3 aromatic rings. The molecule has 0 aliphatic carbocycles. The molecule has 4 nitrogen and oxygen atoms in total. The molecule has 140 valence electrons. The van der Waals surface area contributed by atoms with E-state index in [9.17, 15) is 4.79 Å². The molecule has 0 saturated heterocycles. The molecule has 0 saturated carbocycles. The summed E-state index contributed by atoms with van der Waals surface area (Å²) in [7, 11) is 3.52. The lowest BCUT2D eigenvalue weighted by atomic mass is 10.2. The summed E-state index contributed by atoms with van der Waals surface area (Å²) in [6, 6.07) is 10.3. The van der Waals surface area contributed by atoms with Crippen LogP contribution < -0.4 is 5.32 Å². The number of likely N-dealkylation sites (N-methyl/N-ethyl adjacent to an activating group) is 1. The van der Waals surface area contributed by atoms with E-state index in [1.54, 1.807) is 11.3 Å². The number of anilines is 1. The third-order valence-corrected chi connectivity index (χ3v) is 6.64. The van der Waals surface area contributed by atoms with E-state index in [4.69, 9.17) is 0 Å². The lowest BCUT2D eigenvalue weighted by Crippen LogP contribution is -2.19. The van der Waals surface area contributed by atoms with E-state index < -0.39 is 6.09 Å². The van der Waals surface area contributed by atoms with Crippen molar-refractivity contribution in [3.8, 4) is 0 Å². The fraction of sp³-hybridized carbons (Fsp3) is 0.278. The fourth-order valence-corrected chi connectivity index (χ4v) is 5.11. The molecule has 26 heavy (non-hydrogen) atoms. The Hall–Kier alpha value is -1.12. The van der Waals surface area contributed by atoms with Crippen molar-refractivity contribution in [2.45, 2.75) is 13.0 Å². The van der Waals surface area contributed by atoms with Gasteiger partial charge in [0.25, 0.3) is 0 Å². The van der Waals surface area contributed by atoms with Crippen molar-refractivity contribution in [3.05, 3.63) is 49.9 Å². The first kappa shape index (κ1) is 21.2. The molecule has 0 unspecified atom stereocenters. The number of benzene rings is 1. The van der Waals surface area contributed by atoms with Crippen LogP contribution in [0.2, 0.25) is 0 Å². The van der Waals surface area contributed by atoms with Crippen molar-refractivity contribution in [2.75, 3.05) is 26.0 Å². The minimum absolute atomic E-state index is 0. The fourth-order valence-electron chi connectivity index (χ4n) is 2.55. The van der Waals surface area contributed by atoms with Crippen LogP contribution in [0.1, 0.15) is 9.75 Å². The second-order valence-electron chi connectivity index (χ2n) is 5.80. The number of halogens is 2. The number of rotatable bonds is 6. The molecule has 0 radical (unpaired) electrons. The number of carbonyl (C=O) groups is 1. The maximum absolute atomic E-state index is 11.3. The molecule has 0 spiro atoms. The maximum atomic E-state index is 11.3. The molecule has 2 heterocycles. The summed E-state index contributed by atoms with van der Waals surface area (Å²) in [4.78, 5) is 16.4. The van der Waals surface area contributed by atoms with Crippen LogP contribution >= 0.6 is 51.0 Å². The van der Waals surface area contributed by atoms with Crippen molar-refractivity contribution in [1.82, 2.24) is 4.90 Å². The van der Waals surface area contributed by atoms with Gasteiger partial charge in [-0.25, -0.2) is 4.79 Å². The molecule has 0 aliphatic heterocycles. The summed E-state index contributed by atoms with van der Waals surface area (Å²) >= 11 is 7.09. The van der Waals surface area contributed by atoms with Crippen LogP contribution in [-0.2, 0) is 17.7 Å². The summed E-state index contributed by atoms with van der Waals surface area (Å²) in [6.45, 7) is 1.98. The third kappa shape index (κ3) is 5.69. The number of methoxy groups -OCH3 is 1. The van der Waals surface area contributed by atoms with Gasteiger partial charge in [0.05, 0.1) is 7.11 Å². The van der Waals surface area contributed by atoms with Crippen LogP contribution in [0.4, 0.5) is 10.5 Å². The zero-order valence-corrected chi connectivity index (χ0v) is 18.5. The Morgan fingerprint density at radius 1 is 1.27 bits per heavy atom. The highest BCUT2D eigenvalue weighted by molar-refractivity contribution is 9.10. The van der Waals surface area contributed by atoms with E-state index in [1.807, 2.05) is 29.5 Å².